The molecule has 0 N–H and O–H groups in total. The largest absolute Gasteiger partial charge is 0.461 e. The predicted octanol–water partition coefficient (Wildman–Crippen LogP) is 1.25. The summed E-state index contributed by atoms with van der Waals surface area (Å²) in [4.78, 5) is 20.7. The van der Waals surface area contributed by atoms with E-state index in [0.717, 1.165) is 10.8 Å². The second-order valence-corrected chi connectivity index (χ2v) is 2.77. The molecule has 0 aliphatic heterocycles. The van der Waals surface area contributed by atoms with Crippen molar-refractivity contribution in [2.24, 2.45) is 7.05 Å². The van der Waals surface area contributed by atoms with Crippen LogP contribution in [-0.4, -0.2) is 22.1 Å². The van der Waals surface area contributed by atoms with Gasteiger partial charge in [-0.2, -0.15) is 4.39 Å². The second kappa shape index (κ2) is 4.07. The molecule has 0 fully saturated rings. The van der Waals surface area contributed by atoms with Gasteiger partial charge in [0, 0.05) is 7.05 Å². The van der Waals surface area contributed by atoms with E-state index in [1.807, 2.05) is 0 Å². The summed E-state index contributed by atoms with van der Waals surface area (Å²) in [5.74, 6) is -2.08. The van der Waals surface area contributed by atoms with Crippen molar-refractivity contribution in [1.82, 2.24) is 4.57 Å². The fraction of sp³-hybridized carbons (Fsp3) is 0.375. The van der Waals surface area contributed by atoms with E-state index in [1.165, 1.54) is 7.05 Å². The highest BCUT2D eigenvalue weighted by Gasteiger charge is 2.28. The maximum atomic E-state index is 13.4. The highest BCUT2D eigenvalue weighted by molar-refractivity contribution is 5.89. The lowest BCUT2D eigenvalue weighted by Crippen LogP contribution is -2.11. The molecule has 1 aromatic rings. The molecule has 0 saturated heterocycles. The topological polar surface area (TPSA) is 74.4 Å². The maximum Gasteiger partial charge on any atom is 0.358 e. The van der Waals surface area contributed by atoms with E-state index < -0.39 is 28.1 Å². The van der Waals surface area contributed by atoms with Crippen molar-refractivity contribution >= 4 is 11.7 Å². The number of carbonyl (C=O) groups excluding carboxylic acids is 1. The van der Waals surface area contributed by atoms with E-state index in [9.17, 15) is 19.3 Å². The van der Waals surface area contributed by atoms with Crippen LogP contribution < -0.4 is 0 Å². The summed E-state index contributed by atoms with van der Waals surface area (Å²) in [6.07, 6.45) is 0.932. The molecule has 0 amide bonds. The van der Waals surface area contributed by atoms with Crippen LogP contribution in [0.25, 0.3) is 0 Å². The molecule has 0 atom stereocenters. The predicted molar refractivity (Wildman–Crippen MR) is 48.0 cm³/mol. The molecule has 82 valence electrons. The van der Waals surface area contributed by atoms with Crippen LogP contribution in [0.4, 0.5) is 10.1 Å². The van der Waals surface area contributed by atoms with Crippen molar-refractivity contribution in [3.63, 3.8) is 0 Å². The van der Waals surface area contributed by atoms with Gasteiger partial charge in [-0.05, 0) is 6.92 Å². The van der Waals surface area contributed by atoms with Gasteiger partial charge in [0.1, 0.15) is 0 Å². The quantitative estimate of drug-likeness (QED) is 0.433. The molecule has 15 heavy (non-hydrogen) atoms. The van der Waals surface area contributed by atoms with Gasteiger partial charge >= 0.3 is 11.7 Å². The van der Waals surface area contributed by atoms with Gasteiger partial charge in [0.05, 0.1) is 17.7 Å². The zero-order valence-corrected chi connectivity index (χ0v) is 8.19. The highest BCUT2D eigenvalue weighted by atomic mass is 19.1. The van der Waals surface area contributed by atoms with Gasteiger partial charge in [0.2, 0.25) is 5.82 Å². The summed E-state index contributed by atoms with van der Waals surface area (Å²) < 4.78 is 18.9. The smallest absolute Gasteiger partial charge is 0.358 e. The minimum absolute atomic E-state index is 0.0806. The van der Waals surface area contributed by atoms with Crippen molar-refractivity contribution in [2.75, 3.05) is 6.61 Å². The average molecular weight is 216 g/mol. The number of ether oxygens (including phenoxy) is 1. The molecule has 1 aromatic heterocycles. The summed E-state index contributed by atoms with van der Waals surface area (Å²) in [5, 5.41) is 10.4. The Morgan fingerprint density at radius 1 is 1.73 bits per heavy atom. The Labute approximate surface area is 84.4 Å². The number of aryl methyl sites for hydroxylation is 1. The first-order valence-electron chi connectivity index (χ1n) is 4.15. The minimum atomic E-state index is -1.17. The minimum Gasteiger partial charge on any atom is -0.461 e. The lowest BCUT2D eigenvalue weighted by atomic mass is 10.4. The van der Waals surface area contributed by atoms with Gasteiger partial charge in [0.15, 0.2) is 5.69 Å². The second-order valence-electron chi connectivity index (χ2n) is 2.77. The maximum absolute atomic E-state index is 13.4. The van der Waals surface area contributed by atoms with Crippen LogP contribution in [0.3, 0.4) is 0 Å². The Balaban J connectivity index is 3.19. The Bertz CT molecular complexity index is 413. The zero-order chi connectivity index (χ0) is 11.6. The number of aromatic nitrogens is 1. The van der Waals surface area contributed by atoms with Crippen molar-refractivity contribution < 1.29 is 18.8 Å². The van der Waals surface area contributed by atoms with E-state index in [1.54, 1.807) is 6.92 Å². The van der Waals surface area contributed by atoms with Crippen molar-refractivity contribution in [3.8, 4) is 0 Å². The molecular weight excluding hydrogens is 207 g/mol. The molecule has 0 aliphatic carbocycles. The molecule has 0 spiro atoms. The Morgan fingerprint density at radius 3 is 2.73 bits per heavy atom. The van der Waals surface area contributed by atoms with Crippen molar-refractivity contribution in [1.29, 1.82) is 0 Å². The normalized spacial score (nSPS) is 10.1. The Hall–Kier alpha value is -1.92. The fourth-order valence-corrected chi connectivity index (χ4v) is 1.14. The number of nitro groups is 1. The summed E-state index contributed by atoms with van der Waals surface area (Å²) in [6, 6.07) is 0. The lowest BCUT2D eigenvalue weighted by molar-refractivity contribution is -0.387. The van der Waals surface area contributed by atoms with Crippen LogP contribution in [0.1, 0.15) is 17.4 Å². The summed E-state index contributed by atoms with van der Waals surface area (Å²) >= 11 is 0. The number of carbonyl (C=O) groups is 1. The average Bonchev–Trinajstić information content (AvgIpc) is 2.42. The number of rotatable bonds is 3. The molecule has 0 aliphatic rings. The Kier molecular flexibility index (Phi) is 3.03. The molecule has 1 rings (SSSR count). The number of hydrogen-bond donors (Lipinski definition) is 0. The molecule has 0 saturated carbocycles. The molecule has 0 aromatic carbocycles. The van der Waals surface area contributed by atoms with Gasteiger partial charge in [-0.15, -0.1) is 0 Å². The standard InChI is InChI=1S/C8H9FN2O4/c1-3-15-8(12)7-6(9)5(11(13)14)4-10(7)2/h4H,3H2,1-2H3. The monoisotopic (exact) mass is 216 g/mol. The van der Waals surface area contributed by atoms with Crippen LogP contribution in [0.5, 0.6) is 0 Å². The van der Waals surface area contributed by atoms with E-state index in [4.69, 9.17) is 0 Å². The summed E-state index contributed by atoms with van der Waals surface area (Å²) in [6.45, 7) is 1.64. The van der Waals surface area contributed by atoms with Crippen LogP contribution in [-0.2, 0) is 11.8 Å². The number of nitrogens with zero attached hydrogens (tertiary/aromatic N) is 2. The van der Waals surface area contributed by atoms with Crippen LogP contribution in [0.15, 0.2) is 6.20 Å². The third kappa shape index (κ3) is 1.95. The number of hydrogen-bond acceptors (Lipinski definition) is 4. The third-order valence-electron chi connectivity index (χ3n) is 1.77. The molecule has 0 bridgehead atoms. The van der Waals surface area contributed by atoms with Crippen molar-refractivity contribution in [3.05, 3.63) is 27.8 Å². The zero-order valence-electron chi connectivity index (χ0n) is 8.19. The molecule has 0 unspecified atom stereocenters. The van der Waals surface area contributed by atoms with E-state index in [-0.39, 0.29) is 6.61 Å². The van der Waals surface area contributed by atoms with Gasteiger partial charge in [0.25, 0.3) is 0 Å². The first-order chi connectivity index (χ1) is 6.99. The molecular formula is C8H9FN2O4. The third-order valence-corrected chi connectivity index (χ3v) is 1.77. The van der Waals surface area contributed by atoms with Crippen LogP contribution in [0.2, 0.25) is 0 Å². The fourth-order valence-electron chi connectivity index (χ4n) is 1.14. The summed E-state index contributed by atoms with van der Waals surface area (Å²) in [5.41, 5.74) is -1.18. The molecule has 7 heteroatoms. The Morgan fingerprint density at radius 2 is 2.33 bits per heavy atom. The number of halogens is 1. The van der Waals surface area contributed by atoms with E-state index in [0.29, 0.717) is 0 Å². The number of esters is 1. The SMILES string of the molecule is CCOC(=O)c1c(F)c([N+](=O)[O-])cn1C. The first kappa shape index (κ1) is 11.2. The van der Waals surface area contributed by atoms with E-state index >= 15 is 0 Å². The summed E-state index contributed by atoms with van der Waals surface area (Å²) in [7, 11) is 1.34. The van der Waals surface area contributed by atoms with Gasteiger partial charge < -0.3 is 9.30 Å². The molecule has 6 nitrogen and oxygen atoms in total. The highest BCUT2D eigenvalue weighted by Crippen LogP contribution is 2.22. The van der Waals surface area contributed by atoms with Crippen LogP contribution in [0, 0.1) is 15.9 Å². The van der Waals surface area contributed by atoms with Gasteiger partial charge in [-0.1, -0.05) is 0 Å². The van der Waals surface area contributed by atoms with Gasteiger partial charge in [-0.25, -0.2) is 4.79 Å². The van der Waals surface area contributed by atoms with Crippen molar-refractivity contribution in [2.45, 2.75) is 6.92 Å². The molecule has 1 heterocycles. The van der Waals surface area contributed by atoms with E-state index in [2.05, 4.69) is 4.74 Å². The first-order valence-corrected chi connectivity index (χ1v) is 4.15. The van der Waals surface area contributed by atoms with Crippen LogP contribution >= 0.6 is 0 Å². The lowest BCUT2D eigenvalue weighted by Gasteiger charge is -2.01. The molecule has 0 radical (unpaired) electrons. The van der Waals surface area contributed by atoms with Gasteiger partial charge in [-0.3, -0.25) is 10.1 Å².